The predicted octanol–water partition coefficient (Wildman–Crippen LogP) is 1.30. The van der Waals surface area contributed by atoms with Gasteiger partial charge in [0, 0.05) is 32.6 Å². The smallest absolute Gasteiger partial charge is 0.247 e. The van der Waals surface area contributed by atoms with Crippen molar-refractivity contribution in [2.45, 2.75) is 13.0 Å². The zero-order valence-electron chi connectivity index (χ0n) is 11.7. The average molecular weight is 274 g/mol. The largest absolute Gasteiger partial charge is 0.419 e. The lowest BCUT2D eigenvalue weighted by Crippen LogP contribution is -2.26. The molecule has 0 fully saturated rings. The third kappa shape index (κ3) is 3.89. The zero-order chi connectivity index (χ0) is 14.4. The first-order valence-corrected chi connectivity index (χ1v) is 6.45. The number of aromatic nitrogens is 2. The molecule has 1 aromatic carbocycles. The highest BCUT2D eigenvalue weighted by atomic mass is 16.4. The van der Waals surface area contributed by atoms with Crippen molar-refractivity contribution in [2.24, 2.45) is 0 Å². The molecule has 6 nitrogen and oxygen atoms in total. The van der Waals surface area contributed by atoms with E-state index in [0.717, 1.165) is 5.56 Å². The summed E-state index contributed by atoms with van der Waals surface area (Å²) < 4.78 is 5.54. The molecule has 0 aliphatic heterocycles. The van der Waals surface area contributed by atoms with Gasteiger partial charge >= 0.3 is 0 Å². The van der Waals surface area contributed by atoms with E-state index in [4.69, 9.17) is 4.42 Å². The summed E-state index contributed by atoms with van der Waals surface area (Å²) in [4.78, 5) is 12.9. The van der Waals surface area contributed by atoms with Crippen molar-refractivity contribution in [3.63, 3.8) is 0 Å². The maximum atomic E-state index is 11.4. The fourth-order valence-electron chi connectivity index (χ4n) is 1.64. The molecule has 6 heteroatoms. The molecule has 106 valence electrons. The van der Waals surface area contributed by atoms with Crippen molar-refractivity contribution in [1.29, 1.82) is 0 Å². The fraction of sp³-hybridized carbons (Fsp3) is 0.357. The molecule has 1 aromatic heterocycles. The van der Waals surface area contributed by atoms with E-state index in [9.17, 15) is 4.79 Å². The Hall–Kier alpha value is -2.21. The summed E-state index contributed by atoms with van der Waals surface area (Å²) in [5, 5.41) is 11.1. The summed E-state index contributed by atoms with van der Waals surface area (Å²) in [6.07, 6.45) is 0.451. The van der Waals surface area contributed by atoms with Crippen LogP contribution in [0.25, 0.3) is 11.5 Å². The van der Waals surface area contributed by atoms with Crippen LogP contribution in [0.5, 0.6) is 0 Å². The SMILES string of the molecule is CN(C)C(=O)CCNCc1nnc(-c2ccccc2)o1. The Morgan fingerprint density at radius 3 is 2.70 bits per heavy atom. The van der Waals surface area contributed by atoms with Crippen LogP contribution >= 0.6 is 0 Å². The molecule has 0 atom stereocenters. The summed E-state index contributed by atoms with van der Waals surface area (Å²) in [5.74, 6) is 1.11. The summed E-state index contributed by atoms with van der Waals surface area (Å²) in [7, 11) is 3.49. The van der Waals surface area contributed by atoms with Gasteiger partial charge < -0.3 is 14.6 Å². The second-order valence-electron chi connectivity index (χ2n) is 4.58. The van der Waals surface area contributed by atoms with Crippen molar-refractivity contribution in [2.75, 3.05) is 20.6 Å². The number of hydrogen-bond donors (Lipinski definition) is 1. The molecule has 1 heterocycles. The lowest BCUT2D eigenvalue weighted by Gasteiger charge is -2.09. The van der Waals surface area contributed by atoms with Crippen molar-refractivity contribution < 1.29 is 9.21 Å². The Morgan fingerprint density at radius 2 is 2.00 bits per heavy atom. The number of nitrogens with zero attached hydrogens (tertiary/aromatic N) is 3. The topological polar surface area (TPSA) is 71.3 Å². The number of carbonyl (C=O) groups excluding carboxylic acids is 1. The van der Waals surface area contributed by atoms with Gasteiger partial charge in [-0.05, 0) is 12.1 Å². The summed E-state index contributed by atoms with van der Waals surface area (Å²) in [6, 6.07) is 9.61. The third-order valence-electron chi connectivity index (χ3n) is 2.78. The van der Waals surface area contributed by atoms with Crippen LogP contribution in [0.4, 0.5) is 0 Å². The van der Waals surface area contributed by atoms with Crippen LogP contribution in [-0.2, 0) is 11.3 Å². The van der Waals surface area contributed by atoms with E-state index in [-0.39, 0.29) is 5.91 Å². The summed E-state index contributed by atoms with van der Waals surface area (Å²) in [5.41, 5.74) is 0.897. The summed E-state index contributed by atoms with van der Waals surface area (Å²) in [6.45, 7) is 1.04. The van der Waals surface area contributed by atoms with E-state index in [1.807, 2.05) is 30.3 Å². The molecule has 0 saturated heterocycles. The molecular weight excluding hydrogens is 256 g/mol. The zero-order valence-corrected chi connectivity index (χ0v) is 11.7. The molecule has 0 unspecified atom stereocenters. The van der Waals surface area contributed by atoms with Gasteiger partial charge in [-0.1, -0.05) is 18.2 Å². The van der Waals surface area contributed by atoms with Crippen LogP contribution in [0.3, 0.4) is 0 Å². The standard InChI is InChI=1S/C14H18N4O2/c1-18(2)13(19)8-9-15-10-12-16-17-14(20-12)11-6-4-3-5-7-11/h3-7,15H,8-10H2,1-2H3. The number of rotatable bonds is 6. The molecule has 0 aliphatic carbocycles. The lowest BCUT2D eigenvalue weighted by atomic mass is 10.2. The van der Waals surface area contributed by atoms with Crippen molar-refractivity contribution in [3.8, 4) is 11.5 Å². The molecule has 1 amide bonds. The number of benzene rings is 1. The van der Waals surface area contributed by atoms with Gasteiger partial charge in [0.05, 0.1) is 6.54 Å². The van der Waals surface area contributed by atoms with Crippen molar-refractivity contribution >= 4 is 5.91 Å². The molecule has 1 N–H and O–H groups in total. The van der Waals surface area contributed by atoms with Gasteiger partial charge in [-0.15, -0.1) is 10.2 Å². The van der Waals surface area contributed by atoms with Gasteiger partial charge in [0.25, 0.3) is 0 Å². The Kier molecular flexibility index (Phi) is 4.84. The Labute approximate surface area is 117 Å². The fourth-order valence-corrected chi connectivity index (χ4v) is 1.64. The molecule has 0 bridgehead atoms. The Balaban J connectivity index is 1.81. The van der Waals surface area contributed by atoms with E-state index in [2.05, 4.69) is 15.5 Å². The molecule has 2 rings (SSSR count). The van der Waals surface area contributed by atoms with E-state index in [1.165, 1.54) is 0 Å². The molecular formula is C14H18N4O2. The van der Waals surface area contributed by atoms with E-state index in [0.29, 0.717) is 31.3 Å². The third-order valence-corrected chi connectivity index (χ3v) is 2.78. The Morgan fingerprint density at radius 1 is 1.25 bits per heavy atom. The van der Waals surface area contributed by atoms with Crippen LogP contribution in [0.15, 0.2) is 34.7 Å². The molecule has 0 radical (unpaired) electrons. The first kappa shape index (κ1) is 14.2. The molecule has 0 saturated carbocycles. The average Bonchev–Trinajstić information content (AvgIpc) is 2.93. The molecule has 0 spiro atoms. The van der Waals surface area contributed by atoms with Gasteiger partial charge in [0.15, 0.2) is 0 Å². The van der Waals surface area contributed by atoms with Crippen LogP contribution in [0, 0.1) is 0 Å². The van der Waals surface area contributed by atoms with Crippen molar-refractivity contribution in [1.82, 2.24) is 20.4 Å². The highest BCUT2D eigenvalue weighted by molar-refractivity contribution is 5.75. The predicted molar refractivity (Wildman–Crippen MR) is 74.8 cm³/mol. The van der Waals surface area contributed by atoms with Crippen LogP contribution < -0.4 is 5.32 Å². The van der Waals surface area contributed by atoms with Gasteiger partial charge in [-0.25, -0.2) is 0 Å². The first-order chi connectivity index (χ1) is 9.66. The van der Waals surface area contributed by atoms with E-state index < -0.39 is 0 Å². The highest BCUT2D eigenvalue weighted by Crippen LogP contribution is 2.16. The van der Waals surface area contributed by atoms with Gasteiger partial charge in [-0.3, -0.25) is 4.79 Å². The normalized spacial score (nSPS) is 10.5. The van der Waals surface area contributed by atoms with Crippen LogP contribution in [0.2, 0.25) is 0 Å². The second kappa shape index (κ2) is 6.81. The highest BCUT2D eigenvalue weighted by Gasteiger charge is 2.08. The van der Waals surface area contributed by atoms with E-state index in [1.54, 1.807) is 19.0 Å². The minimum Gasteiger partial charge on any atom is -0.419 e. The number of carbonyl (C=O) groups is 1. The second-order valence-corrected chi connectivity index (χ2v) is 4.58. The van der Waals surface area contributed by atoms with E-state index >= 15 is 0 Å². The molecule has 20 heavy (non-hydrogen) atoms. The lowest BCUT2D eigenvalue weighted by molar-refractivity contribution is -0.128. The molecule has 2 aromatic rings. The minimum atomic E-state index is 0.0907. The first-order valence-electron chi connectivity index (χ1n) is 6.45. The maximum Gasteiger partial charge on any atom is 0.247 e. The van der Waals surface area contributed by atoms with Crippen molar-refractivity contribution in [3.05, 3.63) is 36.2 Å². The summed E-state index contributed by atoms with van der Waals surface area (Å²) >= 11 is 0. The van der Waals surface area contributed by atoms with Crippen LogP contribution in [-0.4, -0.2) is 41.6 Å². The number of hydrogen-bond acceptors (Lipinski definition) is 5. The van der Waals surface area contributed by atoms with Gasteiger partial charge in [0.1, 0.15) is 0 Å². The number of amides is 1. The molecule has 0 aliphatic rings. The van der Waals surface area contributed by atoms with Gasteiger partial charge in [-0.2, -0.15) is 0 Å². The quantitative estimate of drug-likeness (QED) is 0.804. The maximum absolute atomic E-state index is 11.4. The minimum absolute atomic E-state index is 0.0907. The Bertz CT molecular complexity index is 551. The van der Waals surface area contributed by atoms with Crippen LogP contribution in [0.1, 0.15) is 12.3 Å². The number of nitrogens with one attached hydrogen (secondary N) is 1. The monoisotopic (exact) mass is 274 g/mol. The van der Waals surface area contributed by atoms with Gasteiger partial charge in [0.2, 0.25) is 17.7 Å².